The zero-order valence-corrected chi connectivity index (χ0v) is 18.0. The summed E-state index contributed by atoms with van der Waals surface area (Å²) in [5.74, 6) is -0.299. The SMILES string of the molecule is C=CC(=O)CCCCCCCCCCCC(=O)CC1(CO)COC(C)(C)OC1. The Kier molecular flexibility index (Phi) is 11.8. The Morgan fingerprint density at radius 2 is 1.36 bits per heavy atom. The number of ether oxygens (including phenoxy) is 2. The third-order valence-corrected chi connectivity index (χ3v) is 5.47. The fourth-order valence-corrected chi connectivity index (χ4v) is 3.45. The van der Waals surface area contributed by atoms with Crippen molar-refractivity contribution < 1.29 is 24.2 Å². The Morgan fingerprint density at radius 1 is 0.893 bits per heavy atom. The summed E-state index contributed by atoms with van der Waals surface area (Å²) in [6.07, 6.45) is 13.0. The molecule has 0 saturated carbocycles. The summed E-state index contributed by atoms with van der Waals surface area (Å²) in [4.78, 5) is 23.4. The number of Topliss-reactive ketones (excluding diaryl/α,β-unsaturated/α-hetero) is 1. The first-order valence-corrected chi connectivity index (χ1v) is 10.9. The summed E-state index contributed by atoms with van der Waals surface area (Å²) in [7, 11) is 0. The average Bonchev–Trinajstić information content (AvgIpc) is 2.67. The average molecular weight is 397 g/mol. The topological polar surface area (TPSA) is 72.8 Å². The van der Waals surface area contributed by atoms with Gasteiger partial charge in [-0.05, 0) is 32.8 Å². The van der Waals surface area contributed by atoms with Crippen LogP contribution in [0.5, 0.6) is 0 Å². The van der Waals surface area contributed by atoms with Gasteiger partial charge in [0, 0.05) is 24.7 Å². The van der Waals surface area contributed by atoms with Crippen molar-refractivity contribution in [3.63, 3.8) is 0 Å². The van der Waals surface area contributed by atoms with Gasteiger partial charge in [-0.15, -0.1) is 0 Å². The van der Waals surface area contributed by atoms with Crippen molar-refractivity contribution in [2.24, 2.45) is 5.41 Å². The molecule has 1 rings (SSSR count). The fraction of sp³-hybridized carbons (Fsp3) is 0.826. The van der Waals surface area contributed by atoms with Crippen LogP contribution in [0.15, 0.2) is 12.7 Å². The second-order valence-electron chi connectivity index (χ2n) is 8.70. The van der Waals surface area contributed by atoms with Crippen molar-refractivity contribution in [3.05, 3.63) is 12.7 Å². The maximum absolute atomic E-state index is 12.3. The molecule has 1 N–H and O–H groups in total. The number of hydrogen-bond acceptors (Lipinski definition) is 5. The molecular formula is C23H40O5. The minimum atomic E-state index is -0.634. The van der Waals surface area contributed by atoms with Crippen LogP contribution in [0.2, 0.25) is 0 Å². The van der Waals surface area contributed by atoms with Gasteiger partial charge in [0.25, 0.3) is 0 Å². The molecule has 5 heteroatoms. The molecular weight excluding hydrogens is 356 g/mol. The highest BCUT2D eigenvalue weighted by Gasteiger charge is 2.41. The number of ketones is 2. The maximum atomic E-state index is 12.3. The maximum Gasteiger partial charge on any atom is 0.162 e. The molecule has 1 heterocycles. The van der Waals surface area contributed by atoms with Crippen LogP contribution in [0.4, 0.5) is 0 Å². The number of aliphatic hydroxyl groups is 1. The summed E-state index contributed by atoms with van der Waals surface area (Å²) in [6.45, 7) is 7.82. The minimum absolute atomic E-state index is 0.0867. The van der Waals surface area contributed by atoms with E-state index in [1.807, 2.05) is 13.8 Å². The van der Waals surface area contributed by atoms with Gasteiger partial charge < -0.3 is 14.6 Å². The van der Waals surface area contributed by atoms with Crippen molar-refractivity contribution >= 4 is 11.6 Å². The number of hydrogen-bond donors (Lipinski definition) is 1. The summed E-state index contributed by atoms with van der Waals surface area (Å²) in [5, 5.41) is 9.71. The van der Waals surface area contributed by atoms with Crippen LogP contribution in [0.1, 0.15) is 90.9 Å². The van der Waals surface area contributed by atoms with E-state index in [0.717, 1.165) is 32.1 Å². The van der Waals surface area contributed by atoms with Gasteiger partial charge in [-0.1, -0.05) is 51.5 Å². The highest BCUT2D eigenvalue weighted by molar-refractivity contribution is 5.88. The van der Waals surface area contributed by atoms with E-state index in [1.165, 1.54) is 31.8 Å². The van der Waals surface area contributed by atoms with Crippen LogP contribution in [0, 0.1) is 5.41 Å². The lowest BCUT2D eigenvalue weighted by molar-refractivity contribution is -0.290. The van der Waals surface area contributed by atoms with Gasteiger partial charge in [-0.3, -0.25) is 9.59 Å². The summed E-state index contributed by atoms with van der Waals surface area (Å²) >= 11 is 0. The van der Waals surface area contributed by atoms with Crippen LogP contribution in [-0.2, 0) is 19.1 Å². The molecule has 0 radical (unpaired) electrons. The highest BCUT2D eigenvalue weighted by atomic mass is 16.7. The molecule has 0 aliphatic carbocycles. The monoisotopic (exact) mass is 396 g/mol. The Labute approximate surface area is 170 Å². The van der Waals surface area contributed by atoms with Crippen LogP contribution in [0.25, 0.3) is 0 Å². The number of carbonyl (C=O) groups is 2. The molecule has 1 aliphatic rings. The zero-order chi connectivity index (χ0) is 20.9. The predicted molar refractivity (Wildman–Crippen MR) is 111 cm³/mol. The first-order chi connectivity index (χ1) is 13.3. The van der Waals surface area contributed by atoms with Crippen molar-refractivity contribution in [3.8, 4) is 0 Å². The highest BCUT2D eigenvalue weighted by Crippen LogP contribution is 2.33. The molecule has 0 aromatic rings. The molecule has 0 amide bonds. The number of carbonyl (C=O) groups excluding carboxylic acids is 2. The molecule has 28 heavy (non-hydrogen) atoms. The number of aliphatic hydroxyl groups excluding tert-OH is 1. The van der Waals surface area contributed by atoms with E-state index >= 15 is 0 Å². The van der Waals surface area contributed by atoms with Gasteiger partial charge in [-0.2, -0.15) is 0 Å². The van der Waals surface area contributed by atoms with E-state index in [0.29, 0.717) is 32.5 Å². The molecule has 0 aromatic heterocycles. The Morgan fingerprint density at radius 3 is 1.82 bits per heavy atom. The second-order valence-corrected chi connectivity index (χ2v) is 8.70. The van der Waals surface area contributed by atoms with E-state index in [1.54, 1.807) is 0 Å². The molecule has 5 nitrogen and oxygen atoms in total. The summed E-state index contributed by atoms with van der Waals surface area (Å²) in [5.41, 5.74) is -0.580. The van der Waals surface area contributed by atoms with Crippen molar-refractivity contribution in [1.29, 1.82) is 0 Å². The van der Waals surface area contributed by atoms with Crippen molar-refractivity contribution in [2.75, 3.05) is 19.8 Å². The third kappa shape index (κ3) is 10.5. The summed E-state index contributed by atoms with van der Waals surface area (Å²) < 4.78 is 11.3. The van der Waals surface area contributed by atoms with E-state index in [2.05, 4.69) is 6.58 Å². The molecule has 1 fully saturated rings. The lowest BCUT2D eigenvalue weighted by Gasteiger charge is -2.42. The van der Waals surface area contributed by atoms with Gasteiger partial charge in [0.1, 0.15) is 5.78 Å². The quantitative estimate of drug-likeness (QED) is 0.301. The van der Waals surface area contributed by atoms with Crippen LogP contribution in [-0.4, -0.2) is 42.3 Å². The van der Waals surface area contributed by atoms with Crippen molar-refractivity contribution in [1.82, 2.24) is 0 Å². The standard InChI is InChI=1S/C23H40O5/c1-4-20(25)14-12-10-8-6-5-7-9-11-13-15-21(26)16-23(17-24)18-27-22(2,3)28-19-23/h4,24H,1,5-19H2,2-3H3. The zero-order valence-electron chi connectivity index (χ0n) is 18.0. The van der Waals surface area contributed by atoms with Crippen LogP contribution in [0.3, 0.4) is 0 Å². The lowest BCUT2D eigenvalue weighted by atomic mass is 9.83. The molecule has 1 aliphatic heterocycles. The number of unbranched alkanes of at least 4 members (excludes halogenated alkanes) is 8. The molecule has 0 aromatic carbocycles. The molecule has 0 bridgehead atoms. The Balaban J connectivity index is 2.00. The second kappa shape index (κ2) is 13.2. The molecule has 0 spiro atoms. The first kappa shape index (κ1) is 25.0. The van der Waals surface area contributed by atoms with Gasteiger partial charge in [-0.25, -0.2) is 0 Å². The van der Waals surface area contributed by atoms with E-state index in [9.17, 15) is 14.7 Å². The van der Waals surface area contributed by atoms with E-state index < -0.39 is 11.2 Å². The number of allylic oxidation sites excluding steroid dienone is 1. The molecule has 1 saturated heterocycles. The molecule has 0 atom stereocenters. The predicted octanol–water partition coefficient (Wildman–Crippen LogP) is 4.75. The smallest absolute Gasteiger partial charge is 0.162 e. The molecule has 0 unspecified atom stereocenters. The lowest BCUT2D eigenvalue weighted by Crippen LogP contribution is -2.49. The largest absolute Gasteiger partial charge is 0.396 e. The van der Waals surface area contributed by atoms with Crippen LogP contribution < -0.4 is 0 Å². The van der Waals surface area contributed by atoms with Crippen molar-refractivity contribution in [2.45, 2.75) is 96.7 Å². The van der Waals surface area contributed by atoms with Gasteiger partial charge in [0.15, 0.2) is 11.6 Å². The fourth-order valence-electron chi connectivity index (χ4n) is 3.45. The van der Waals surface area contributed by atoms with Gasteiger partial charge >= 0.3 is 0 Å². The van der Waals surface area contributed by atoms with Gasteiger partial charge in [0.2, 0.25) is 0 Å². The van der Waals surface area contributed by atoms with Gasteiger partial charge in [0.05, 0.1) is 19.8 Å². The number of rotatable bonds is 16. The normalized spacial score (nSPS) is 18.0. The third-order valence-electron chi connectivity index (χ3n) is 5.47. The Hall–Kier alpha value is -1.04. The minimum Gasteiger partial charge on any atom is -0.396 e. The van der Waals surface area contributed by atoms with Crippen LogP contribution >= 0.6 is 0 Å². The van der Waals surface area contributed by atoms with E-state index in [-0.39, 0.29) is 18.2 Å². The first-order valence-electron chi connectivity index (χ1n) is 10.9. The summed E-state index contributed by atoms with van der Waals surface area (Å²) in [6, 6.07) is 0. The van der Waals surface area contributed by atoms with E-state index in [4.69, 9.17) is 9.47 Å². The Bertz CT molecular complexity index is 473. The molecule has 162 valence electrons.